The Morgan fingerprint density at radius 1 is 1.10 bits per heavy atom. The minimum atomic E-state index is -0.190. The molecule has 0 aromatic heterocycles. The lowest BCUT2D eigenvalue weighted by atomic mass is 10.1. The number of ether oxygens (including phenoxy) is 2. The summed E-state index contributed by atoms with van der Waals surface area (Å²) in [6, 6.07) is 16.8. The molecule has 1 atom stereocenters. The van der Waals surface area contributed by atoms with Crippen molar-refractivity contribution in [3.63, 3.8) is 0 Å². The molecule has 1 aliphatic rings. The Bertz CT molecular complexity index is 865. The van der Waals surface area contributed by atoms with Crippen molar-refractivity contribution in [3.8, 4) is 5.75 Å². The van der Waals surface area contributed by atoms with Crippen LogP contribution in [-0.2, 0) is 14.3 Å². The average molecular weight is 425 g/mol. The van der Waals surface area contributed by atoms with Crippen LogP contribution in [0.4, 0.5) is 0 Å². The van der Waals surface area contributed by atoms with Gasteiger partial charge in [-0.15, -0.1) is 0 Å². The van der Waals surface area contributed by atoms with Crippen molar-refractivity contribution in [2.45, 2.75) is 13.0 Å². The van der Waals surface area contributed by atoms with E-state index in [1.807, 2.05) is 42.2 Å². The van der Waals surface area contributed by atoms with E-state index in [1.165, 1.54) is 0 Å². The first kappa shape index (κ1) is 22.5. The van der Waals surface area contributed by atoms with E-state index in [-0.39, 0.29) is 24.5 Å². The third kappa shape index (κ3) is 7.84. The van der Waals surface area contributed by atoms with Crippen molar-refractivity contribution in [1.82, 2.24) is 15.6 Å². The summed E-state index contributed by atoms with van der Waals surface area (Å²) in [5, 5.41) is 6.89. The van der Waals surface area contributed by atoms with Crippen LogP contribution in [0.15, 0.2) is 59.7 Å². The van der Waals surface area contributed by atoms with Gasteiger partial charge >= 0.3 is 0 Å². The Morgan fingerprint density at radius 2 is 1.81 bits per heavy atom. The summed E-state index contributed by atoms with van der Waals surface area (Å²) in [5.41, 5.74) is 4.37. The maximum Gasteiger partial charge on any atom is 0.258 e. The van der Waals surface area contributed by atoms with Crippen molar-refractivity contribution in [3.05, 3.63) is 65.7 Å². The summed E-state index contributed by atoms with van der Waals surface area (Å²) in [6.45, 7) is 4.97. The van der Waals surface area contributed by atoms with Crippen molar-refractivity contribution >= 4 is 18.0 Å². The van der Waals surface area contributed by atoms with E-state index in [1.54, 1.807) is 30.5 Å². The Kier molecular flexibility index (Phi) is 8.57. The highest BCUT2D eigenvalue weighted by Gasteiger charge is 2.13. The molecule has 8 nitrogen and oxygen atoms in total. The largest absolute Gasteiger partial charge is 0.484 e. The predicted molar refractivity (Wildman–Crippen MR) is 118 cm³/mol. The number of nitrogens with one attached hydrogen (secondary N) is 2. The highest BCUT2D eigenvalue weighted by Crippen LogP contribution is 2.13. The quantitative estimate of drug-likeness (QED) is 0.472. The van der Waals surface area contributed by atoms with Crippen molar-refractivity contribution in [1.29, 1.82) is 0 Å². The number of carbonyl (C=O) groups is 2. The molecule has 1 fully saturated rings. The van der Waals surface area contributed by atoms with Crippen LogP contribution in [0.25, 0.3) is 0 Å². The molecule has 31 heavy (non-hydrogen) atoms. The predicted octanol–water partition coefficient (Wildman–Crippen LogP) is 1.73. The third-order valence-electron chi connectivity index (χ3n) is 4.80. The van der Waals surface area contributed by atoms with Gasteiger partial charge in [-0.3, -0.25) is 14.5 Å². The summed E-state index contributed by atoms with van der Waals surface area (Å²) < 4.78 is 10.8. The lowest BCUT2D eigenvalue weighted by molar-refractivity contribution is -0.124. The molecule has 2 aromatic carbocycles. The molecule has 2 amide bonds. The summed E-state index contributed by atoms with van der Waals surface area (Å²) >= 11 is 0. The molecule has 1 heterocycles. The summed E-state index contributed by atoms with van der Waals surface area (Å²) in [4.78, 5) is 26.0. The number of hydrogen-bond donors (Lipinski definition) is 2. The van der Waals surface area contributed by atoms with E-state index >= 15 is 0 Å². The molecule has 2 aromatic rings. The van der Waals surface area contributed by atoms with E-state index < -0.39 is 0 Å². The topological polar surface area (TPSA) is 92.3 Å². The minimum absolute atomic E-state index is 0.0673. The maximum absolute atomic E-state index is 12.1. The van der Waals surface area contributed by atoms with Gasteiger partial charge in [0.15, 0.2) is 6.61 Å². The van der Waals surface area contributed by atoms with E-state index in [9.17, 15) is 9.59 Å². The minimum Gasteiger partial charge on any atom is -0.484 e. The average Bonchev–Trinajstić information content (AvgIpc) is 2.80. The van der Waals surface area contributed by atoms with E-state index in [2.05, 4.69) is 15.8 Å². The molecule has 0 unspecified atom stereocenters. The number of hydrazone groups is 1. The fourth-order valence-electron chi connectivity index (χ4n) is 3.08. The van der Waals surface area contributed by atoms with E-state index in [4.69, 9.17) is 9.47 Å². The fourth-order valence-corrected chi connectivity index (χ4v) is 3.08. The van der Waals surface area contributed by atoms with Crippen LogP contribution >= 0.6 is 0 Å². The monoisotopic (exact) mass is 424 g/mol. The van der Waals surface area contributed by atoms with Crippen LogP contribution in [0.1, 0.15) is 24.1 Å². The van der Waals surface area contributed by atoms with Crippen LogP contribution in [0, 0.1) is 0 Å². The van der Waals surface area contributed by atoms with Crippen molar-refractivity contribution in [2.24, 2.45) is 5.10 Å². The zero-order valence-electron chi connectivity index (χ0n) is 17.6. The van der Waals surface area contributed by atoms with Gasteiger partial charge in [0.2, 0.25) is 0 Å². The van der Waals surface area contributed by atoms with Crippen molar-refractivity contribution < 1.29 is 19.1 Å². The Morgan fingerprint density at radius 3 is 2.52 bits per heavy atom. The second kappa shape index (κ2) is 11.8. The van der Waals surface area contributed by atoms with Crippen LogP contribution in [-0.4, -0.2) is 62.4 Å². The zero-order valence-corrected chi connectivity index (χ0v) is 17.6. The van der Waals surface area contributed by atoms with Gasteiger partial charge in [0, 0.05) is 13.1 Å². The summed E-state index contributed by atoms with van der Waals surface area (Å²) in [7, 11) is 0. The molecule has 2 N–H and O–H groups in total. The molecular formula is C23H28N4O4. The molecule has 0 spiro atoms. The highest BCUT2D eigenvalue weighted by molar-refractivity contribution is 5.83. The van der Waals surface area contributed by atoms with Gasteiger partial charge in [0.25, 0.3) is 11.8 Å². The van der Waals surface area contributed by atoms with Gasteiger partial charge in [-0.1, -0.05) is 30.3 Å². The summed E-state index contributed by atoms with van der Waals surface area (Å²) in [5.74, 6) is 0.231. The standard InChI is InChI=1S/C23H28N4O4/c1-18(20-5-3-2-4-6-20)25-23(29)17-31-21-9-7-19(8-10-21)15-24-26-22(28)16-27-11-13-30-14-12-27/h2-10,15,18H,11-14,16-17H2,1H3,(H,25,29)(H,26,28)/b24-15-/t18-/m0/s1. The van der Waals surface area contributed by atoms with Gasteiger partial charge in [-0.2, -0.15) is 5.10 Å². The van der Waals surface area contributed by atoms with E-state index in [0.717, 1.165) is 24.2 Å². The molecule has 1 aliphatic heterocycles. The summed E-state index contributed by atoms with van der Waals surface area (Å²) in [6.07, 6.45) is 1.56. The van der Waals surface area contributed by atoms with Crippen LogP contribution < -0.4 is 15.5 Å². The number of amides is 2. The van der Waals surface area contributed by atoms with Gasteiger partial charge in [0.05, 0.1) is 32.0 Å². The molecule has 0 saturated carbocycles. The number of hydrogen-bond acceptors (Lipinski definition) is 6. The first-order chi connectivity index (χ1) is 15.1. The number of nitrogens with zero attached hydrogens (tertiary/aromatic N) is 2. The molecule has 164 valence electrons. The maximum atomic E-state index is 12.1. The zero-order chi connectivity index (χ0) is 21.9. The smallest absolute Gasteiger partial charge is 0.258 e. The Labute approximate surface area is 182 Å². The number of carbonyl (C=O) groups excluding carboxylic acids is 2. The molecule has 3 rings (SSSR count). The first-order valence-corrected chi connectivity index (χ1v) is 10.3. The number of rotatable bonds is 9. The first-order valence-electron chi connectivity index (χ1n) is 10.3. The molecule has 8 heteroatoms. The SMILES string of the molecule is C[C@H](NC(=O)COc1ccc(/C=N\NC(=O)CN2CCOCC2)cc1)c1ccccc1. The normalized spacial score (nSPS) is 15.4. The molecular weight excluding hydrogens is 396 g/mol. The van der Waals surface area contributed by atoms with Gasteiger partial charge < -0.3 is 14.8 Å². The van der Waals surface area contributed by atoms with Gasteiger partial charge in [-0.25, -0.2) is 5.43 Å². The fraction of sp³-hybridized carbons (Fsp3) is 0.348. The van der Waals surface area contributed by atoms with Crippen LogP contribution in [0.2, 0.25) is 0 Å². The van der Waals surface area contributed by atoms with Crippen molar-refractivity contribution in [2.75, 3.05) is 39.5 Å². The Hall–Kier alpha value is -3.23. The second-order valence-corrected chi connectivity index (χ2v) is 7.24. The number of benzene rings is 2. The second-order valence-electron chi connectivity index (χ2n) is 7.24. The molecule has 0 aliphatic carbocycles. The highest BCUT2D eigenvalue weighted by atomic mass is 16.5. The molecule has 1 saturated heterocycles. The number of morpholine rings is 1. The Balaban J connectivity index is 1.37. The molecule has 0 radical (unpaired) electrons. The van der Waals surface area contributed by atoms with Crippen LogP contribution in [0.5, 0.6) is 5.75 Å². The van der Waals surface area contributed by atoms with Gasteiger partial charge in [-0.05, 0) is 42.3 Å². The van der Waals surface area contributed by atoms with E-state index in [0.29, 0.717) is 25.5 Å². The van der Waals surface area contributed by atoms with Gasteiger partial charge in [0.1, 0.15) is 5.75 Å². The molecule has 0 bridgehead atoms. The lowest BCUT2D eigenvalue weighted by Gasteiger charge is -2.25. The lowest BCUT2D eigenvalue weighted by Crippen LogP contribution is -2.42. The third-order valence-corrected chi connectivity index (χ3v) is 4.80. The van der Waals surface area contributed by atoms with Crippen LogP contribution in [0.3, 0.4) is 0 Å².